The van der Waals surface area contributed by atoms with Crippen molar-refractivity contribution in [2.45, 2.75) is 36.4 Å². The second-order valence-electron chi connectivity index (χ2n) is 5.52. The third-order valence-electron chi connectivity index (χ3n) is 3.74. The molecule has 1 aliphatic rings. The van der Waals surface area contributed by atoms with E-state index in [1.165, 1.54) is 11.3 Å². The first kappa shape index (κ1) is 16.9. The van der Waals surface area contributed by atoms with Gasteiger partial charge in [0.15, 0.2) is 0 Å². The van der Waals surface area contributed by atoms with Crippen molar-refractivity contribution in [3.63, 3.8) is 0 Å². The Morgan fingerprint density at radius 3 is 2.71 bits per heavy atom. The summed E-state index contributed by atoms with van der Waals surface area (Å²) >= 11 is 1.38. The van der Waals surface area contributed by atoms with E-state index < -0.39 is 10.0 Å². The molecule has 21 heavy (non-hydrogen) atoms. The SMILES string of the molecule is CCNCCc1ccc(S(=O)(=O)NC2CCN(C)CC2)s1. The summed E-state index contributed by atoms with van der Waals surface area (Å²) in [4.78, 5) is 3.34. The van der Waals surface area contributed by atoms with Gasteiger partial charge in [-0.05, 0) is 64.6 Å². The molecule has 0 unspecified atom stereocenters. The van der Waals surface area contributed by atoms with Crippen molar-refractivity contribution in [2.75, 3.05) is 33.2 Å². The summed E-state index contributed by atoms with van der Waals surface area (Å²) in [5.41, 5.74) is 0. The van der Waals surface area contributed by atoms with E-state index in [1.54, 1.807) is 6.07 Å². The van der Waals surface area contributed by atoms with Crippen LogP contribution >= 0.6 is 11.3 Å². The Hall–Kier alpha value is -0.470. The monoisotopic (exact) mass is 331 g/mol. The average Bonchev–Trinajstić information content (AvgIpc) is 2.91. The summed E-state index contributed by atoms with van der Waals surface area (Å²) in [6.45, 7) is 5.79. The molecule has 2 rings (SSSR count). The molecule has 0 saturated carbocycles. The summed E-state index contributed by atoms with van der Waals surface area (Å²) in [5.74, 6) is 0. The lowest BCUT2D eigenvalue weighted by Crippen LogP contribution is -2.43. The molecule has 2 N–H and O–H groups in total. The van der Waals surface area contributed by atoms with Gasteiger partial charge in [-0.2, -0.15) is 0 Å². The van der Waals surface area contributed by atoms with Gasteiger partial charge in [0.25, 0.3) is 0 Å². The van der Waals surface area contributed by atoms with E-state index in [2.05, 4.69) is 28.9 Å². The van der Waals surface area contributed by atoms with Crippen LogP contribution in [0.5, 0.6) is 0 Å². The first-order chi connectivity index (χ1) is 10.0. The second kappa shape index (κ2) is 7.69. The minimum atomic E-state index is -3.36. The highest BCUT2D eigenvalue weighted by atomic mass is 32.2. The molecule has 0 aromatic carbocycles. The van der Waals surface area contributed by atoms with Crippen molar-refractivity contribution in [1.29, 1.82) is 0 Å². The predicted octanol–water partition coefficient (Wildman–Crippen LogP) is 1.27. The first-order valence-electron chi connectivity index (χ1n) is 7.51. The third kappa shape index (κ3) is 5.03. The van der Waals surface area contributed by atoms with Crippen molar-refractivity contribution < 1.29 is 8.42 Å². The van der Waals surface area contributed by atoms with Gasteiger partial charge in [0.2, 0.25) is 10.0 Å². The molecule has 5 nitrogen and oxygen atoms in total. The first-order valence-corrected chi connectivity index (χ1v) is 9.81. The van der Waals surface area contributed by atoms with Crippen LogP contribution in [0.15, 0.2) is 16.3 Å². The van der Waals surface area contributed by atoms with Gasteiger partial charge in [0.05, 0.1) is 0 Å². The maximum absolute atomic E-state index is 12.4. The Morgan fingerprint density at radius 2 is 2.05 bits per heavy atom. The van der Waals surface area contributed by atoms with E-state index >= 15 is 0 Å². The maximum Gasteiger partial charge on any atom is 0.250 e. The summed E-state index contributed by atoms with van der Waals surface area (Å²) in [6.07, 6.45) is 2.64. The van der Waals surface area contributed by atoms with Gasteiger partial charge in [0, 0.05) is 10.9 Å². The van der Waals surface area contributed by atoms with E-state index in [-0.39, 0.29) is 6.04 Å². The largest absolute Gasteiger partial charge is 0.317 e. The molecule has 0 spiro atoms. The molecule has 0 radical (unpaired) electrons. The number of thiophene rings is 1. The van der Waals surface area contributed by atoms with Crippen LogP contribution in [0.4, 0.5) is 0 Å². The molecule has 2 heterocycles. The Bertz CT molecular complexity index is 534. The molecule has 0 atom stereocenters. The molecular weight excluding hydrogens is 306 g/mol. The topological polar surface area (TPSA) is 61.4 Å². The molecule has 7 heteroatoms. The predicted molar refractivity (Wildman–Crippen MR) is 87.4 cm³/mol. The Labute approximate surface area is 131 Å². The van der Waals surface area contributed by atoms with Gasteiger partial charge in [-0.3, -0.25) is 0 Å². The standard InChI is InChI=1S/C14H25N3O2S2/c1-3-15-9-6-13-4-5-14(20-13)21(18,19)16-12-7-10-17(2)11-8-12/h4-5,12,15-16H,3,6-11H2,1-2H3. The second-order valence-corrected chi connectivity index (χ2v) is 8.63. The minimum Gasteiger partial charge on any atom is -0.317 e. The number of hydrogen-bond acceptors (Lipinski definition) is 5. The zero-order valence-electron chi connectivity index (χ0n) is 12.8. The lowest BCUT2D eigenvalue weighted by Gasteiger charge is -2.29. The minimum absolute atomic E-state index is 0.0681. The number of nitrogens with one attached hydrogen (secondary N) is 2. The summed E-state index contributed by atoms with van der Waals surface area (Å²) in [6, 6.07) is 3.72. The number of nitrogens with zero attached hydrogens (tertiary/aromatic N) is 1. The number of likely N-dealkylation sites (N-methyl/N-ethyl adjacent to an activating group) is 1. The van der Waals surface area contributed by atoms with Gasteiger partial charge in [-0.15, -0.1) is 11.3 Å². The summed E-state index contributed by atoms with van der Waals surface area (Å²) < 4.78 is 28.1. The van der Waals surface area contributed by atoms with Crippen molar-refractivity contribution >= 4 is 21.4 Å². The molecule has 1 aromatic heterocycles. The number of rotatable bonds is 7. The number of likely N-dealkylation sites (tertiary alicyclic amines) is 1. The zero-order chi connectivity index (χ0) is 15.3. The Morgan fingerprint density at radius 1 is 1.33 bits per heavy atom. The van der Waals surface area contributed by atoms with Gasteiger partial charge < -0.3 is 10.2 Å². The smallest absolute Gasteiger partial charge is 0.250 e. The van der Waals surface area contributed by atoms with Crippen LogP contribution in [0.2, 0.25) is 0 Å². The summed E-state index contributed by atoms with van der Waals surface area (Å²) in [7, 11) is -1.29. The summed E-state index contributed by atoms with van der Waals surface area (Å²) in [5, 5.41) is 3.25. The van der Waals surface area contributed by atoms with Gasteiger partial charge in [-0.1, -0.05) is 6.92 Å². The van der Waals surface area contributed by atoms with Crippen LogP contribution in [-0.2, 0) is 16.4 Å². The Kier molecular flexibility index (Phi) is 6.19. The fourth-order valence-electron chi connectivity index (χ4n) is 2.43. The van der Waals surface area contributed by atoms with Gasteiger partial charge in [-0.25, -0.2) is 13.1 Å². The van der Waals surface area contributed by atoms with Crippen molar-refractivity contribution in [2.24, 2.45) is 0 Å². The lowest BCUT2D eigenvalue weighted by atomic mass is 10.1. The van der Waals surface area contributed by atoms with E-state index in [9.17, 15) is 8.42 Å². The highest BCUT2D eigenvalue weighted by Crippen LogP contribution is 2.23. The number of piperidine rings is 1. The van der Waals surface area contributed by atoms with E-state index in [4.69, 9.17) is 0 Å². The van der Waals surface area contributed by atoms with Crippen LogP contribution in [-0.4, -0.2) is 52.6 Å². The normalized spacial score (nSPS) is 18.2. The molecule has 0 aliphatic carbocycles. The van der Waals surface area contributed by atoms with E-state index in [0.29, 0.717) is 4.21 Å². The van der Waals surface area contributed by atoms with Crippen LogP contribution in [0, 0.1) is 0 Å². The molecule has 1 saturated heterocycles. The highest BCUT2D eigenvalue weighted by molar-refractivity contribution is 7.91. The van der Waals surface area contributed by atoms with Gasteiger partial charge >= 0.3 is 0 Å². The highest BCUT2D eigenvalue weighted by Gasteiger charge is 2.24. The van der Waals surface area contributed by atoms with Crippen molar-refractivity contribution in [1.82, 2.24) is 14.9 Å². The van der Waals surface area contributed by atoms with Crippen LogP contribution < -0.4 is 10.0 Å². The average molecular weight is 332 g/mol. The fraction of sp³-hybridized carbons (Fsp3) is 0.714. The van der Waals surface area contributed by atoms with E-state index in [0.717, 1.165) is 50.3 Å². The van der Waals surface area contributed by atoms with Crippen LogP contribution in [0.3, 0.4) is 0 Å². The lowest BCUT2D eigenvalue weighted by molar-refractivity contribution is 0.248. The number of sulfonamides is 1. The van der Waals surface area contributed by atoms with Crippen molar-refractivity contribution in [3.8, 4) is 0 Å². The van der Waals surface area contributed by atoms with Crippen LogP contribution in [0.25, 0.3) is 0 Å². The quantitative estimate of drug-likeness (QED) is 0.739. The maximum atomic E-state index is 12.4. The van der Waals surface area contributed by atoms with Crippen molar-refractivity contribution in [3.05, 3.63) is 17.0 Å². The molecule has 120 valence electrons. The fourth-order valence-corrected chi connectivity index (χ4v) is 5.11. The molecule has 1 fully saturated rings. The van der Waals surface area contributed by atoms with E-state index in [1.807, 2.05) is 6.07 Å². The van der Waals surface area contributed by atoms with Gasteiger partial charge in [0.1, 0.15) is 4.21 Å². The van der Waals surface area contributed by atoms with Crippen LogP contribution in [0.1, 0.15) is 24.6 Å². The molecule has 0 bridgehead atoms. The third-order valence-corrected chi connectivity index (χ3v) is 6.90. The molecular formula is C14H25N3O2S2. The molecule has 1 aliphatic heterocycles. The zero-order valence-corrected chi connectivity index (χ0v) is 14.4. The number of hydrogen-bond donors (Lipinski definition) is 2. The molecule has 0 amide bonds. The molecule has 1 aromatic rings. The Balaban J connectivity index is 1.93.